The van der Waals surface area contributed by atoms with Crippen molar-refractivity contribution in [1.29, 1.82) is 0 Å². The highest BCUT2D eigenvalue weighted by molar-refractivity contribution is 7.91. The summed E-state index contributed by atoms with van der Waals surface area (Å²) in [5.41, 5.74) is 3.63. The summed E-state index contributed by atoms with van der Waals surface area (Å²) in [5, 5.41) is 0. The van der Waals surface area contributed by atoms with E-state index >= 15 is 0 Å². The van der Waals surface area contributed by atoms with Crippen LogP contribution >= 0.6 is 7.37 Å². The van der Waals surface area contributed by atoms with Gasteiger partial charge in [-0.1, -0.05) is 35.4 Å². The van der Waals surface area contributed by atoms with Crippen molar-refractivity contribution in [3.63, 3.8) is 0 Å². The minimum atomic E-state index is -4.43. The van der Waals surface area contributed by atoms with Gasteiger partial charge in [0.05, 0.1) is 26.4 Å². The molecule has 0 radical (unpaired) electrons. The summed E-state index contributed by atoms with van der Waals surface area (Å²) in [4.78, 5) is 27.2. The molecule has 0 saturated carbocycles. The van der Waals surface area contributed by atoms with Crippen LogP contribution in [0.1, 0.15) is 54.1 Å². The lowest BCUT2D eigenvalue weighted by molar-refractivity contribution is 0.0540. The predicted octanol–water partition coefficient (Wildman–Crippen LogP) is 5.48. The molecule has 0 unspecified atom stereocenters. The predicted molar refractivity (Wildman–Crippen MR) is 126 cm³/mol. The molecule has 0 aromatic heterocycles. The lowest BCUT2D eigenvalue weighted by atomic mass is 10.0. The molecule has 0 bridgehead atoms. The van der Waals surface area contributed by atoms with Gasteiger partial charge in [0.15, 0.2) is 0 Å². The SMILES string of the molecule is COCCOCCOP(=O)(C(=O)c1c(C)cc(C)cc1C)C(=O)c1c(C)cc(C)cc1C. The van der Waals surface area contributed by atoms with Crippen molar-refractivity contribution >= 4 is 18.4 Å². The van der Waals surface area contributed by atoms with Crippen LogP contribution in [-0.2, 0) is 18.6 Å². The topological polar surface area (TPSA) is 78.9 Å². The van der Waals surface area contributed by atoms with Gasteiger partial charge in [0.1, 0.15) is 0 Å². The van der Waals surface area contributed by atoms with E-state index in [9.17, 15) is 14.2 Å². The molecule has 0 fully saturated rings. The third-order valence-corrected chi connectivity index (χ3v) is 7.31. The molecule has 0 aliphatic rings. The number of carbonyl (C=O) groups is 2. The minimum Gasteiger partial charge on any atom is -0.382 e. The van der Waals surface area contributed by atoms with Gasteiger partial charge >= 0.3 is 7.37 Å². The molecule has 0 amide bonds. The normalized spacial score (nSPS) is 11.6. The van der Waals surface area contributed by atoms with Crippen LogP contribution in [0.3, 0.4) is 0 Å². The van der Waals surface area contributed by atoms with Crippen molar-refractivity contribution in [2.45, 2.75) is 41.5 Å². The van der Waals surface area contributed by atoms with Crippen LogP contribution < -0.4 is 0 Å². The number of hydrogen-bond acceptors (Lipinski definition) is 6. The van der Waals surface area contributed by atoms with Crippen molar-refractivity contribution in [1.82, 2.24) is 0 Å². The Hall–Kier alpha value is -2.11. The lowest BCUT2D eigenvalue weighted by Crippen LogP contribution is -2.19. The van der Waals surface area contributed by atoms with Crippen LogP contribution in [0.5, 0.6) is 0 Å². The summed E-state index contributed by atoms with van der Waals surface area (Å²) in [5.74, 6) is 0. The first-order valence-electron chi connectivity index (χ1n) is 10.6. The highest BCUT2D eigenvalue weighted by Gasteiger charge is 2.44. The van der Waals surface area contributed by atoms with Crippen LogP contribution in [0.2, 0.25) is 0 Å². The summed E-state index contributed by atoms with van der Waals surface area (Å²) >= 11 is 0. The Morgan fingerprint density at radius 3 is 1.44 bits per heavy atom. The summed E-state index contributed by atoms with van der Waals surface area (Å²) < 4.78 is 30.0. The van der Waals surface area contributed by atoms with Crippen molar-refractivity contribution in [2.24, 2.45) is 0 Å². The largest absolute Gasteiger partial charge is 0.382 e. The minimum absolute atomic E-state index is 0.0889. The zero-order chi connectivity index (χ0) is 24.1. The third kappa shape index (κ3) is 5.81. The summed E-state index contributed by atoms with van der Waals surface area (Å²) in [6.07, 6.45) is 0. The number of methoxy groups -OCH3 is 1. The van der Waals surface area contributed by atoms with Gasteiger partial charge in [-0.2, -0.15) is 0 Å². The fourth-order valence-corrected chi connectivity index (χ4v) is 6.05. The molecule has 0 aliphatic heterocycles. The van der Waals surface area contributed by atoms with Gasteiger partial charge in [-0.25, -0.2) is 0 Å². The van der Waals surface area contributed by atoms with Gasteiger partial charge in [-0.3, -0.25) is 14.2 Å². The molecular weight excluding hydrogens is 427 g/mol. The molecular formula is C25H33O6P. The van der Waals surface area contributed by atoms with E-state index in [1.807, 2.05) is 38.1 Å². The van der Waals surface area contributed by atoms with Gasteiger partial charge in [0.25, 0.3) is 11.0 Å². The highest BCUT2D eigenvalue weighted by Crippen LogP contribution is 2.54. The molecule has 0 N–H and O–H groups in total. The zero-order valence-corrected chi connectivity index (χ0v) is 20.9. The molecule has 0 atom stereocenters. The average Bonchev–Trinajstić information content (AvgIpc) is 2.68. The first kappa shape index (κ1) is 26.1. The molecule has 32 heavy (non-hydrogen) atoms. The van der Waals surface area contributed by atoms with Crippen molar-refractivity contribution in [3.8, 4) is 0 Å². The van der Waals surface area contributed by atoms with Gasteiger partial charge in [0, 0.05) is 18.2 Å². The summed E-state index contributed by atoms with van der Waals surface area (Å²) in [6.45, 7) is 11.6. The van der Waals surface area contributed by atoms with E-state index in [0.717, 1.165) is 11.1 Å². The van der Waals surface area contributed by atoms with E-state index in [1.165, 1.54) is 0 Å². The van der Waals surface area contributed by atoms with E-state index in [1.54, 1.807) is 34.8 Å². The Balaban J connectivity index is 2.50. The second-order valence-electron chi connectivity index (χ2n) is 8.15. The molecule has 2 rings (SSSR count). The fraction of sp³-hybridized carbons (Fsp3) is 0.440. The molecule has 2 aromatic rings. The lowest BCUT2D eigenvalue weighted by Gasteiger charge is -2.21. The van der Waals surface area contributed by atoms with Crippen LogP contribution in [0.4, 0.5) is 0 Å². The summed E-state index contributed by atoms with van der Waals surface area (Å²) in [7, 11) is -2.87. The maximum atomic E-state index is 14.1. The smallest absolute Gasteiger partial charge is 0.340 e. The average molecular weight is 461 g/mol. The van der Waals surface area contributed by atoms with Gasteiger partial charge < -0.3 is 14.0 Å². The molecule has 174 valence electrons. The molecule has 0 aliphatic carbocycles. The van der Waals surface area contributed by atoms with Gasteiger partial charge in [0.2, 0.25) is 0 Å². The molecule has 6 nitrogen and oxygen atoms in total. The second-order valence-corrected chi connectivity index (χ2v) is 10.3. The fourth-order valence-electron chi connectivity index (χ4n) is 4.01. The van der Waals surface area contributed by atoms with E-state index in [2.05, 4.69) is 0 Å². The number of aryl methyl sites for hydroxylation is 6. The van der Waals surface area contributed by atoms with Crippen molar-refractivity contribution in [2.75, 3.05) is 33.5 Å². The number of benzene rings is 2. The first-order valence-corrected chi connectivity index (χ1v) is 12.2. The van der Waals surface area contributed by atoms with E-state index in [4.69, 9.17) is 14.0 Å². The number of hydrogen-bond donors (Lipinski definition) is 0. The van der Waals surface area contributed by atoms with E-state index < -0.39 is 18.4 Å². The Morgan fingerprint density at radius 1 is 0.688 bits per heavy atom. The molecule has 0 saturated heterocycles. The monoisotopic (exact) mass is 460 g/mol. The zero-order valence-electron chi connectivity index (χ0n) is 20.0. The molecule has 2 aromatic carbocycles. The van der Waals surface area contributed by atoms with Crippen LogP contribution in [0.15, 0.2) is 24.3 Å². The number of ether oxygens (including phenoxy) is 2. The second kappa shape index (κ2) is 11.2. The maximum absolute atomic E-state index is 14.1. The summed E-state index contributed by atoms with van der Waals surface area (Å²) in [6, 6.07) is 7.35. The highest BCUT2D eigenvalue weighted by atomic mass is 31.2. The Morgan fingerprint density at radius 2 is 1.06 bits per heavy atom. The quantitative estimate of drug-likeness (QED) is 0.327. The van der Waals surface area contributed by atoms with Crippen LogP contribution in [-0.4, -0.2) is 44.6 Å². The standard InChI is InChI=1S/C25H33O6P/c1-16-12-18(3)22(19(4)13-16)24(26)32(28,31-11-10-30-9-8-29-7)25(27)23-20(5)14-17(2)15-21(23)6/h12-15H,8-11H2,1-7H3. The Kier molecular flexibility index (Phi) is 9.11. The maximum Gasteiger partial charge on any atom is 0.340 e. The first-order chi connectivity index (χ1) is 15.0. The Bertz CT molecular complexity index is 937. The van der Waals surface area contributed by atoms with Crippen LogP contribution in [0.25, 0.3) is 0 Å². The molecule has 0 spiro atoms. The molecule has 7 heteroatoms. The Labute approximate surface area is 190 Å². The number of carbonyl (C=O) groups excluding carboxylic acids is 2. The third-order valence-electron chi connectivity index (χ3n) is 5.25. The van der Waals surface area contributed by atoms with E-state index in [0.29, 0.717) is 35.5 Å². The molecule has 0 heterocycles. The van der Waals surface area contributed by atoms with Gasteiger partial charge in [-0.05, 0) is 63.8 Å². The van der Waals surface area contributed by atoms with E-state index in [-0.39, 0.29) is 24.3 Å². The number of rotatable bonds is 11. The van der Waals surface area contributed by atoms with Crippen LogP contribution in [0, 0.1) is 41.5 Å². The van der Waals surface area contributed by atoms with Crippen molar-refractivity contribution in [3.05, 3.63) is 68.8 Å². The van der Waals surface area contributed by atoms with Gasteiger partial charge in [-0.15, -0.1) is 0 Å². The van der Waals surface area contributed by atoms with Crippen molar-refractivity contribution < 1.29 is 28.2 Å².